The highest BCUT2D eigenvalue weighted by atomic mass is 16.4. The van der Waals surface area contributed by atoms with Gasteiger partial charge >= 0.3 is 5.97 Å². The first kappa shape index (κ1) is 15.6. The van der Waals surface area contributed by atoms with Gasteiger partial charge in [0.2, 0.25) is 0 Å². The van der Waals surface area contributed by atoms with E-state index in [0.717, 1.165) is 28.6 Å². The number of nitrogens with one attached hydrogen (secondary N) is 1. The van der Waals surface area contributed by atoms with E-state index >= 15 is 0 Å². The van der Waals surface area contributed by atoms with Gasteiger partial charge in [0, 0.05) is 17.8 Å². The van der Waals surface area contributed by atoms with E-state index in [1.807, 2.05) is 36.5 Å². The third-order valence-corrected chi connectivity index (χ3v) is 4.79. The monoisotopic (exact) mass is 337 g/mol. The molecule has 3 heterocycles. The normalized spacial score (nSPS) is 20.6. The molecular weight excluding hydrogens is 318 g/mol. The van der Waals surface area contributed by atoms with Gasteiger partial charge in [-0.3, -0.25) is 4.79 Å². The number of carbonyl (C=O) groups is 1. The van der Waals surface area contributed by atoms with Crippen LogP contribution in [0.3, 0.4) is 0 Å². The van der Waals surface area contributed by atoms with E-state index in [-0.39, 0.29) is 6.04 Å². The van der Waals surface area contributed by atoms with Crippen LogP contribution in [-0.4, -0.2) is 38.2 Å². The van der Waals surface area contributed by atoms with Crippen LogP contribution in [0.25, 0.3) is 22.2 Å². The van der Waals surface area contributed by atoms with E-state index in [1.54, 1.807) is 0 Å². The molecule has 1 fully saturated rings. The number of aromatic nitrogens is 3. The number of hydrogen-bond acceptors (Lipinski definition) is 5. The van der Waals surface area contributed by atoms with Crippen LogP contribution in [0.2, 0.25) is 0 Å². The van der Waals surface area contributed by atoms with E-state index in [9.17, 15) is 9.90 Å². The molecule has 4 N–H and O–H groups in total. The van der Waals surface area contributed by atoms with Crippen LogP contribution in [-0.2, 0) is 4.79 Å². The van der Waals surface area contributed by atoms with Crippen LogP contribution in [0.4, 0.5) is 5.82 Å². The Morgan fingerprint density at radius 2 is 2.08 bits per heavy atom. The molecule has 1 aliphatic rings. The maximum atomic E-state index is 11.4. The molecule has 2 atom stereocenters. The molecule has 0 spiro atoms. The molecular formula is C18H19N5O2. The Morgan fingerprint density at radius 1 is 1.28 bits per heavy atom. The summed E-state index contributed by atoms with van der Waals surface area (Å²) in [6, 6.07) is 9.47. The molecule has 1 aliphatic heterocycles. The van der Waals surface area contributed by atoms with Crippen LogP contribution in [0.1, 0.15) is 18.9 Å². The first-order valence-corrected chi connectivity index (χ1v) is 8.28. The first-order valence-electron chi connectivity index (χ1n) is 8.28. The zero-order chi connectivity index (χ0) is 17.4. The molecule has 4 rings (SSSR count). The lowest BCUT2D eigenvalue weighted by atomic mass is 9.99. The van der Waals surface area contributed by atoms with Crippen molar-refractivity contribution in [1.29, 1.82) is 0 Å². The standard InChI is InChI=1S/C18H19N5O2/c19-16-15-13(11-4-2-1-3-5-11)9-23(17(15)22-10-21-16)12-6-7-20-14(8-12)18(24)25/h1-5,9-10,12,14,20H,6-8H2,(H,24,25)(H2,19,21,22). The predicted octanol–water partition coefficient (Wildman–Crippen LogP) is 2.06. The third-order valence-electron chi connectivity index (χ3n) is 4.79. The number of piperidine rings is 1. The number of aliphatic carboxylic acids is 1. The summed E-state index contributed by atoms with van der Waals surface area (Å²) in [5.41, 5.74) is 8.90. The minimum Gasteiger partial charge on any atom is -0.480 e. The zero-order valence-electron chi connectivity index (χ0n) is 13.6. The Bertz CT molecular complexity index is 922. The average molecular weight is 337 g/mol. The van der Waals surface area contributed by atoms with Crippen LogP contribution in [0.5, 0.6) is 0 Å². The smallest absolute Gasteiger partial charge is 0.320 e. The lowest BCUT2D eigenvalue weighted by Crippen LogP contribution is -2.43. The Kier molecular flexibility index (Phi) is 3.85. The second-order valence-electron chi connectivity index (χ2n) is 6.30. The van der Waals surface area contributed by atoms with Gasteiger partial charge in [-0.2, -0.15) is 0 Å². The minimum atomic E-state index is -0.821. The zero-order valence-corrected chi connectivity index (χ0v) is 13.6. The topological polar surface area (TPSA) is 106 Å². The Labute approximate surface area is 144 Å². The number of carboxylic acids is 1. The van der Waals surface area contributed by atoms with E-state index < -0.39 is 12.0 Å². The third kappa shape index (κ3) is 2.72. The van der Waals surface area contributed by atoms with E-state index in [0.29, 0.717) is 18.8 Å². The average Bonchev–Trinajstić information content (AvgIpc) is 3.04. The molecule has 7 nitrogen and oxygen atoms in total. The lowest BCUT2D eigenvalue weighted by molar-refractivity contribution is -0.140. The predicted molar refractivity (Wildman–Crippen MR) is 95.1 cm³/mol. The molecule has 1 saturated heterocycles. The molecule has 0 saturated carbocycles. The molecule has 7 heteroatoms. The molecule has 3 aromatic rings. The Morgan fingerprint density at radius 3 is 2.84 bits per heavy atom. The molecule has 0 radical (unpaired) electrons. The first-order chi connectivity index (χ1) is 12.1. The van der Waals surface area contributed by atoms with Gasteiger partial charge in [0.05, 0.1) is 5.39 Å². The molecule has 128 valence electrons. The fraction of sp³-hybridized carbons (Fsp3) is 0.278. The maximum absolute atomic E-state index is 11.4. The van der Waals surface area contributed by atoms with Crippen molar-refractivity contribution in [1.82, 2.24) is 19.9 Å². The highest BCUT2D eigenvalue weighted by Gasteiger charge is 2.29. The van der Waals surface area contributed by atoms with Crippen molar-refractivity contribution in [3.8, 4) is 11.1 Å². The molecule has 2 unspecified atom stereocenters. The number of nitrogen functional groups attached to an aromatic ring is 1. The van der Waals surface area contributed by atoms with Crippen molar-refractivity contribution in [2.75, 3.05) is 12.3 Å². The largest absolute Gasteiger partial charge is 0.480 e. The van der Waals surface area contributed by atoms with Crippen LogP contribution in [0, 0.1) is 0 Å². The summed E-state index contributed by atoms with van der Waals surface area (Å²) in [5, 5.41) is 13.2. The quantitative estimate of drug-likeness (QED) is 0.675. The number of nitrogens with zero attached hydrogens (tertiary/aromatic N) is 3. The van der Waals surface area contributed by atoms with Gasteiger partial charge in [-0.25, -0.2) is 9.97 Å². The van der Waals surface area contributed by atoms with Gasteiger partial charge in [-0.05, 0) is 24.9 Å². The van der Waals surface area contributed by atoms with Crippen molar-refractivity contribution >= 4 is 22.8 Å². The summed E-state index contributed by atoms with van der Waals surface area (Å²) in [5.74, 6) is -0.384. The molecule has 1 aromatic carbocycles. The van der Waals surface area contributed by atoms with E-state index in [4.69, 9.17) is 5.73 Å². The summed E-state index contributed by atoms with van der Waals surface area (Å²) in [6.07, 6.45) is 4.83. The molecule has 0 amide bonds. The van der Waals surface area contributed by atoms with E-state index in [2.05, 4.69) is 19.9 Å². The Balaban J connectivity index is 1.85. The fourth-order valence-electron chi connectivity index (χ4n) is 3.56. The van der Waals surface area contributed by atoms with Gasteiger partial charge in [-0.15, -0.1) is 0 Å². The molecule has 25 heavy (non-hydrogen) atoms. The van der Waals surface area contributed by atoms with Crippen molar-refractivity contribution < 1.29 is 9.90 Å². The number of rotatable bonds is 3. The van der Waals surface area contributed by atoms with Gasteiger partial charge in [0.25, 0.3) is 0 Å². The van der Waals surface area contributed by atoms with Crippen molar-refractivity contribution in [3.05, 3.63) is 42.9 Å². The second kappa shape index (κ2) is 6.18. The highest BCUT2D eigenvalue weighted by Crippen LogP contribution is 2.36. The van der Waals surface area contributed by atoms with E-state index in [1.165, 1.54) is 6.33 Å². The summed E-state index contributed by atoms with van der Waals surface area (Å²) in [4.78, 5) is 19.9. The van der Waals surface area contributed by atoms with Gasteiger partial charge in [-0.1, -0.05) is 30.3 Å². The lowest BCUT2D eigenvalue weighted by Gasteiger charge is -2.29. The van der Waals surface area contributed by atoms with Crippen LogP contribution in [0.15, 0.2) is 42.9 Å². The van der Waals surface area contributed by atoms with Gasteiger partial charge < -0.3 is 20.7 Å². The van der Waals surface area contributed by atoms with Gasteiger partial charge in [0.1, 0.15) is 23.8 Å². The van der Waals surface area contributed by atoms with Crippen LogP contribution < -0.4 is 11.1 Å². The number of nitrogens with two attached hydrogens (primary N) is 1. The summed E-state index contributed by atoms with van der Waals surface area (Å²) in [7, 11) is 0. The molecule has 0 bridgehead atoms. The number of hydrogen-bond donors (Lipinski definition) is 3. The van der Waals surface area contributed by atoms with Crippen molar-refractivity contribution in [3.63, 3.8) is 0 Å². The summed E-state index contributed by atoms with van der Waals surface area (Å²) >= 11 is 0. The SMILES string of the molecule is Nc1ncnc2c1c(-c1ccccc1)cn2C1CCNC(C(=O)O)C1. The minimum absolute atomic E-state index is 0.0524. The fourth-order valence-corrected chi connectivity index (χ4v) is 3.56. The second-order valence-corrected chi connectivity index (χ2v) is 6.30. The summed E-state index contributed by atoms with van der Waals surface area (Å²) < 4.78 is 2.06. The Hall–Kier alpha value is -2.93. The summed E-state index contributed by atoms with van der Waals surface area (Å²) in [6.45, 7) is 0.655. The number of carboxylic acid groups (broad SMARTS) is 1. The maximum Gasteiger partial charge on any atom is 0.320 e. The molecule has 2 aromatic heterocycles. The van der Waals surface area contributed by atoms with Crippen molar-refractivity contribution in [2.24, 2.45) is 0 Å². The number of benzene rings is 1. The van der Waals surface area contributed by atoms with Crippen molar-refractivity contribution in [2.45, 2.75) is 24.9 Å². The highest BCUT2D eigenvalue weighted by molar-refractivity contribution is 6.00. The number of fused-ring (bicyclic) bond motifs is 1. The van der Waals surface area contributed by atoms with Gasteiger partial charge in [0.15, 0.2) is 0 Å². The van der Waals surface area contributed by atoms with Crippen LogP contribution >= 0.6 is 0 Å². The molecule has 0 aliphatic carbocycles. The number of anilines is 1.